The first-order valence-electron chi connectivity index (χ1n) is 14.4. The molecule has 1 saturated carbocycles. The fraction of sp³-hybridized carbons (Fsp3) is 0.455. The van der Waals surface area contributed by atoms with Crippen LogP contribution in [0.4, 0.5) is 0 Å². The Balaban J connectivity index is 1.16. The summed E-state index contributed by atoms with van der Waals surface area (Å²) >= 11 is 0. The van der Waals surface area contributed by atoms with Gasteiger partial charge in [0.15, 0.2) is 0 Å². The molecular weight excluding hydrogens is 504 g/mol. The Morgan fingerprint density at radius 1 is 0.846 bits per heavy atom. The van der Waals surface area contributed by atoms with Crippen LogP contribution in [0.3, 0.4) is 0 Å². The Labute approximate surface area is 234 Å². The molecule has 0 bridgehead atoms. The monoisotopic (exact) mass is 546 g/mol. The molecule has 0 heterocycles. The minimum atomic E-state index is -3.46. The lowest BCUT2D eigenvalue weighted by atomic mass is 9.75. The summed E-state index contributed by atoms with van der Waals surface area (Å²) in [6.07, 6.45) is 7.68. The summed E-state index contributed by atoms with van der Waals surface area (Å²) in [5.41, 5.74) is 5.04. The minimum Gasteiger partial charge on any atom is -0.497 e. The van der Waals surface area contributed by atoms with E-state index in [0.29, 0.717) is 35.2 Å². The van der Waals surface area contributed by atoms with Gasteiger partial charge in [-0.3, -0.25) is 0 Å². The number of ether oxygens (including phenoxy) is 1. The van der Waals surface area contributed by atoms with Crippen LogP contribution in [-0.4, -0.2) is 34.7 Å². The van der Waals surface area contributed by atoms with Crippen LogP contribution in [0.2, 0.25) is 0 Å². The Kier molecular flexibility index (Phi) is 9.06. The van der Waals surface area contributed by atoms with Crippen LogP contribution in [-0.2, 0) is 22.9 Å². The van der Waals surface area contributed by atoms with Crippen molar-refractivity contribution in [3.05, 3.63) is 95.1 Å². The van der Waals surface area contributed by atoms with E-state index in [2.05, 4.69) is 58.6 Å². The highest BCUT2D eigenvalue weighted by atomic mass is 32.2. The third-order valence-corrected chi connectivity index (χ3v) is 10.4. The number of hydrogen-bond acceptors (Lipinski definition) is 4. The highest BCUT2D eigenvalue weighted by Crippen LogP contribution is 2.37. The molecule has 0 aliphatic heterocycles. The van der Waals surface area contributed by atoms with Crippen LogP contribution in [0.1, 0.15) is 60.3 Å². The van der Waals surface area contributed by atoms with Crippen molar-refractivity contribution in [2.75, 3.05) is 20.2 Å². The molecule has 2 aliphatic carbocycles. The molecule has 5 rings (SSSR count). The predicted octanol–water partition coefficient (Wildman–Crippen LogP) is 6.02. The fourth-order valence-corrected chi connectivity index (χ4v) is 7.86. The summed E-state index contributed by atoms with van der Waals surface area (Å²) < 4.78 is 34.0. The molecule has 2 N–H and O–H groups in total. The molecule has 39 heavy (non-hydrogen) atoms. The van der Waals surface area contributed by atoms with Gasteiger partial charge in [-0.15, -0.1) is 0 Å². The Morgan fingerprint density at radius 2 is 1.54 bits per heavy atom. The zero-order chi connectivity index (χ0) is 27.2. The van der Waals surface area contributed by atoms with E-state index in [-0.39, 0.29) is 0 Å². The first-order chi connectivity index (χ1) is 18.9. The van der Waals surface area contributed by atoms with E-state index in [1.54, 1.807) is 19.2 Å². The third-order valence-electron chi connectivity index (χ3n) is 8.84. The Hall–Kier alpha value is -2.67. The SMILES string of the molecule is COc1ccc2c(c1)CCC(NCC1CCC(CNS(=O)(=O)c3ccccc3C)CC1)C2Cc1ccccc1. The normalized spacial score (nSPS) is 23.2. The van der Waals surface area contributed by atoms with Gasteiger partial charge in [0.05, 0.1) is 12.0 Å². The second-order valence-electron chi connectivity index (χ2n) is 11.4. The molecular formula is C33H42N2O3S. The lowest BCUT2D eigenvalue weighted by Crippen LogP contribution is -2.42. The highest BCUT2D eigenvalue weighted by molar-refractivity contribution is 7.89. The number of benzene rings is 3. The van der Waals surface area contributed by atoms with E-state index in [1.807, 2.05) is 19.1 Å². The summed E-state index contributed by atoms with van der Waals surface area (Å²) in [7, 11) is -1.72. The summed E-state index contributed by atoms with van der Waals surface area (Å²) in [4.78, 5) is 0.389. The molecule has 3 aromatic carbocycles. The van der Waals surface area contributed by atoms with Crippen LogP contribution in [0.25, 0.3) is 0 Å². The summed E-state index contributed by atoms with van der Waals surface area (Å²) in [6.45, 7) is 3.40. The number of aryl methyl sites for hydroxylation is 2. The number of fused-ring (bicyclic) bond motifs is 1. The van der Waals surface area contributed by atoms with Gasteiger partial charge >= 0.3 is 0 Å². The highest BCUT2D eigenvalue weighted by Gasteiger charge is 2.31. The molecule has 208 valence electrons. The van der Waals surface area contributed by atoms with Gasteiger partial charge in [-0.25, -0.2) is 13.1 Å². The van der Waals surface area contributed by atoms with Crippen LogP contribution < -0.4 is 14.8 Å². The van der Waals surface area contributed by atoms with Gasteiger partial charge < -0.3 is 10.1 Å². The molecule has 0 radical (unpaired) electrons. The fourth-order valence-electron chi connectivity index (χ4n) is 6.50. The molecule has 0 amide bonds. The van der Waals surface area contributed by atoms with Crippen LogP contribution >= 0.6 is 0 Å². The topological polar surface area (TPSA) is 67.4 Å². The average Bonchev–Trinajstić information content (AvgIpc) is 2.96. The minimum absolute atomic E-state index is 0.389. The van der Waals surface area contributed by atoms with Crippen molar-refractivity contribution in [1.29, 1.82) is 0 Å². The number of hydrogen-bond donors (Lipinski definition) is 2. The number of rotatable bonds is 10. The molecule has 6 heteroatoms. The average molecular weight is 547 g/mol. The maximum absolute atomic E-state index is 12.8. The molecule has 2 aliphatic rings. The zero-order valence-corrected chi connectivity index (χ0v) is 24.1. The molecule has 3 aromatic rings. The van der Waals surface area contributed by atoms with Gasteiger partial charge in [-0.05, 0) is 111 Å². The number of methoxy groups -OCH3 is 1. The molecule has 5 nitrogen and oxygen atoms in total. The predicted molar refractivity (Wildman–Crippen MR) is 158 cm³/mol. The summed E-state index contributed by atoms with van der Waals surface area (Å²) in [6, 6.07) is 25.1. The molecule has 2 atom stereocenters. The Morgan fingerprint density at radius 3 is 2.26 bits per heavy atom. The first-order valence-corrected chi connectivity index (χ1v) is 15.9. The van der Waals surface area contributed by atoms with Gasteiger partial charge in [-0.1, -0.05) is 54.6 Å². The van der Waals surface area contributed by atoms with E-state index >= 15 is 0 Å². The molecule has 0 aromatic heterocycles. The van der Waals surface area contributed by atoms with Gasteiger partial charge in [0.1, 0.15) is 5.75 Å². The van der Waals surface area contributed by atoms with Crippen LogP contribution in [0, 0.1) is 18.8 Å². The van der Waals surface area contributed by atoms with Gasteiger partial charge in [0, 0.05) is 18.5 Å². The van der Waals surface area contributed by atoms with Gasteiger partial charge in [0.2, 0.25) is 10.0 Å². The van der Waals surface area contributed by atoms with E-state index in [9.17, 15) is 8.42 Å². The standard InChI is InChI=1S/C33H42N2O3S/c1-24-8-6-7-11-33(24)39(36,37)35-23-27-14-12-26(13-15-27)22-34-32-19-16-28-21-29(38-2)17-18-30(28)31(32)20-25-9-4-3-5-10-25/h3-11,17-18,21,26-27,31-32,34-35H,12-16,19-20,22-23H2,1-2H3. The number of sulfonamides is 1. The summed E-state index contributed by atoms with van der Waals surface area (Å²) in [5, 5.41) is 3.99. The van der Waals surface area contributed by atoms with E-state index in [0.717, 1.165) is 62.8 Å². The molecule has 2 unspecified atom stereocenters. The lowest BCUT2D eigenvalue weighted by Gasteiger charge is -2.37. The van der Waals surface area contributed by atoms with Crippen molar-refractivity contribution in [3.8, 4) is 5.75 Å². The quantitative estimate of drug-likeness (QED) is 0.326. The van der Waals surface area contributed by atoms with Gasteiger partial charge in [0.25, 0.3) is 0 Å². The van der Waals surface area contributed by atoms with E-state index in [4.69, 9.17) is 4.74 Å². The van der Waals surface area contributed by atoms with Crippen molar-refractivity contribution < 1.29 is 13.2 Å². The second kappa shape index (κ2) is 12.7. The maximum Gasteiger partial charge on any atom is 0.240 e. The number of nitrogens with one attached hydrogen (secondary N) is 2. The lowest BCUT2D eigenvalue weighted by molar-refractivity contribution is 0.252. The van der Waals surface area contributed by atoms with Crippen molar-refractivity contribution in [1.82, 2.24) is 10.0 Å². The zero-order valence-electron chi connectivity index (χ0n) is 23.2. The second-order valence-corrected chi connectivity index (χ2v) is 13.2. The van der Waals surface area contributed by atoms with Crippen LogP contribution in [0.5, 0.6) is 5.75 Å². The van der Waals surface area contributed by atoms with Crippen molar-refractivity contribution in [3.63, 3.8) is 0 Å². The van der Waals surface area contributed by atoms with Crippen molar-refractivity contribution in [2.24, 2.45) is 11.8 Å². The largest absolute Gasteiger partial charge is 0.497 e. The van der Waals surface area contributed by atoms with Gasteiger partial charge in [-0.2, -0.15) is 0 Å². The van der Waals surface area contributed by atoms with Crippen molar-refractivity contribution in [2.45, 2.75) is 68.7 Å². The van der Waals surface area contributed by atoms with Crippen molar-refractivity contribution >= 4 is 10.0 Å². The molecule has 0 spiro atoms. The maximum atomic E-state index is 12.8. The summed E-state index contributed by atoms with van der Waals surface area (Å²) in [5.74, 6) is 2.43. The Bertz CT molecular complexity index is 1330. The van der Waals surface area contributed by atoms with E-state index < -0.39 is 10.0 Å². The smallest absolute Gasteiger partial charge is 0.240 e. The molecule has 0 saturated heterocycles. The van der Waals surface area contributed by atoms with E-state index in [1.165, 1.54) is 16.7 Å². The molecule has 1 fully saturated rings. The first kappa shape index (κ1) is 27.9. The van der Waals surface area contributed by atoms with Crippen LogP contribution in [0.15, 0.2) is 77.7 Å². The third kappa shape index (κ3) is 6.92.